The molecule has 0 saturated carbocycles. The van der Waals surface area contributed by atoms with Crippen molar-refractivity contribution in [3.05, 3.63) is 35.9 Å². The van der Waals surface area contributed by atoms with Crippen LogP contribution in [-0.2, 0) is 4.79 Å². The first-order chi connectivity index (χ1) is 8.70. The molecular weight excluding hydrogens is 228 g/mol. The Morgan fingerprint density at radius 2 is 1.94 bits per heavy atom. The maximum Gasteiger partial charge on any atom is 0.311 e. The van der Waals surface area contributed by atoms with Crippen LogP contribution in [0.3, 0.4) is 0 Å². The normalized spacial score (nSPS) is 20.3. The third-order valence-corrected chi connectivity index (χ3v) is 3.90. The van der Waals surface area contributed by atoms with Crippen LogP contribution in [0.15, 0.2) is 30.3 Å². The number of hydrogen-bond acceptors (Lipinski definition) is 3. The molecule has 1 saturated heterocycles. The molecule has 18 heavy (non-hydrogen) atoms. The molecule has 98 valence electrons. The van der Waals surface area contributed by atoms with E-state index in [1.54, 1.807) is 0 Å². The van der Waals surface area contributed by atoms with Gasteiger partial charge >= 0.3 is 5.97 Å². The summed E-state index contributed by atoms with van der Waals surface area (Å²) in [5.41, 5.74) is 0.339. The third-order valence-electron chi connectivity index (χ3n) is 3.90. The first-order valence-electron chi connectivity index (χ1n) is 6.37. The van der Waals surface area contributed by atoms with E-state index in [1.807, 2.05) is 37.4 Å². The number of benzene rings is 1. The van der Waals surface area contributed by atoms with Crippen LogP contribution in [0.25, 0.3) is 0 Å². The lowest BCUT2D eigenvalue weighted by atomic mass is 9.70. The molecule has 4 heteroatoms. The summed E-state index contributed by atoms with van der Waals surface area (Å²) in [5.74, 6) is -0.702. The van der Waals surface area contributed by atoms with Gasteiger partial charge in [-0.15, -0.1) is 0 Å². The van der Waals surface area contributed by atoms with Gasteiger partial charge in [0, 0.05) is 6.04 Å². The van der Waals surface area contributed by atoms with Crippen LogP contribution < -0.4 is 10.6 Å². The van der Waals surface area contributed by atoms with Crippen molar-refractivity contribution < 1.29 is 9.90 Å². The Kier molecular flexibility index (Phi) is 3.99. The van der Waals surface area contributed by atoms with Crippen LogP contribution in [0.1, 0.15) is 24.4 Å². The molecule has 0 aliphatic carbocycles. The second kappa shape index (κ2) is 5.50. The average Bonchev–Trinajstić information content (AvgIpc) is 2.41. The molecule has 4 nitrogen and oxygen atoms in total. The van der Waals surface area contributed by atoms with Crippen molar-refractivity contribution >= 4 is 5.97 Å². The minimum Gasteiger partial charge on any atom is -0.481 e. The zero-order chi connectivity index (χ0) is 13.0. The molecule has 0 amide bonds. The largest absolute Gasteiger partial charge is 0.481 e. The number of carboxylic acids is 1. The highest BCUT2D eigenvalue weighted by Crippen LogP contribution is 2.41. The van der Waals surface area contributed by atoms with Crippen LogP contribution >= 0.6 is 0 Å². The van der Waals surface area contributed by atoms with Gasteiger partial charge in [0.15, 0.2) is 0 Å². The van der Waals surface area contributed by atoms with Gasteiger partial charge in [0.25, 0.3) is 0 Å². The fraction of sp³-hybridized carbons (Fsp3) is 0.500. The Morgan fingerprint density at radius 1 is 1.33 bits per heavy atom. The van der Waals surface area contributed by atoms with Crippen molar-refractivity contribution in [3.63, 3.8) is 0 Å². The average molecular weight is 248 g/mol. The molecule has 2 rings (SSSR count). The fourth-order valence-electron chi connectivity index (χ4n) is 2.91. The number of rotatable bonds is 4. The lowest BCUT2D eigenvalue weighted by Gasteiger charge is -2.40. The summed E-state index contributed by atoms with van der Waals surface area (Å²) >= 11 is 0. The number of carbonyl (C=O) groups is 1. The summed E-state index contributed by atoms with van der Waals surface area (Å²) in [6.45, 7) is 1.52. The smallest absolute Gasteiger partial charge is 0.311 e. The predicted octanol–water partition coefficient (Wildman–Crippen LogP) is 1.40. The first-order valence-corrected chi connectivity index (χ1v) is 6.37. The van der Waals surface area contributed by atoms with Crippen LogP contribution in [0.2, 0.25) is 0 Å². The van der Waals surface area contributed by atoms with Crippen molar-refractivity contribution in [1.29, 1.82) is 0 Å². The molecule has 1 fully saturated rings. The molecule has 1 atom stereocenters. The van der Waals surface area contributed by atoms with Crippen molar-refractivity contribution in [2.45, 2.75) is 18.9 Å². The SMILES string of the molecule is CNC(c1ccccc1)C1(C(=O)O)CCNCC1. The molecule has 1 aromatic rings. The summed E-state index contributed by atoms with van der Waals surface area (Å²) in [5, 5.41) is 16.1. The van der Waals surface area contributed by atoms with Crippen molar-refractivity contribution in [3.8, 4) is 0 Å². The Hall–Kier alpha value is -1.39. The zero-order valence-electron chi connectivity index (χ0n) is 10.6. The predicted molar refractivity (Wildman–Crippen MR) is 70.4 cm³/mol. The molecular formula is C14H20N2O2. The molecule has 0 bridgehead atoms. The highest BCUT2D eigenvalue weighted by molar-refractivity contribution is 5.76. The number of nitrogens with one attached hydrogen (secondary N) is 2. The van der Waals surface area contributed by atoms with Gasteiger partial charge in [-0.25, -0.2) is 0 Å². The van der Waals surface area contributed by atoms with E-state index in [2.05, 4.69) is 10.6 Å². The van der Waals surface area contributed by atoms with Crippen LogP contribution in [-0.4, -0.2) is 31.2 Å². The lowest BCUT2D eigenvalue weighted by molar-refractivity contribution is -0.153. The van der Waals surface area contributed by atoms with E-state index in [0.29, 0.717) is 12.8 Å². The van der Waals surface area contributed by atoms with E-state index in [4.69, 9.17) is 0 Å². The Labute approximate surface area is 107 Å². The van der Waals surface area contributed by atoms with Crippen molar-refractivity contribution in [2.24, 2.45) is 5.41 Å². The van der Waals surface area contributed by atoms with Gasteiger partial charge < -0.3 is 15.7 Å². The van der Waals surface area contributed by atoms with Gasteiger partial charge in [0.05, 0.1) is 5.41 Å². The quantitative estimate of drug-likeness (QED) is 0.754. The van der Waals surface area contributed by atoms with E-state index in [9.17, 15) is 9.90 Å². The number of carboxylic acid groups (broad SMARTS) is 1. The van der Waals surface area contributed by atoms with Crippen LogP contribution in [0.4, 0.5) is 0 Å². The molecule has 1 heterocycles. The number of hydrogen-bond donors (Lipinski definition) is 3. The van der Waals surface area contributed by atoms with E-state index < -0.39 is 11.4 Å². The third kappa shape index (κ3) is 2.26. The van der Waals surface area contributed by atoms with E-state index in [0.717, 1.165) is 18.7 Å². The second-order valence-corrected chi connectivity index (χ2v) is 4.84. The highest BCUT2D eigenvalue weighted by Gasteiger charge is 2.46. The van der Waals surface area contributed by atoms with Gasteiger partial charge in [0.2, 0.25) is 0 Å². The molecule has 0 spiro atoms. The molecule has 3 N–H and O–H groups in total. The first kappa shape index (κ1) is 13.1. The minimum atomic E-state index is -0.707. The topological polar surface area (TPSA) is 61.4 Å². The molecule has 0 radical (unpaired) electrons. The molecule has 1 aliphatic rings. The zero-order valence-corrected chi connectivity index (χ0v) is 10.6. The minimum absolute atomic E-state index is 0.140. The summed E-state index contributed by atoms with van der Waals surface area (Å²) in [6.07, 6.45) is 1.31. The van der Waals surface area contributed by atoms with Crippen LogP contribution in [0, 0.1) is 5.41 Å². The van der Waals surface area contributed by atoms with Gasteiger partial charge in [-0.2, -0.15) is 0 Å². The van der Waals surface area contributed by atoms with Gasteiger partial charge in [0.1, 0.15) is 0 Å². The Balaban J connectivity index is 2.36. The molecule has 1 aromatic carbocycles. The highest BCUT2D eigenvalue weighted by atomic mass is 16.4. The summed E-state index contributed by atoms with van der Waals surface area (Å²) in [4.78, 5) is 11.8. The lowest BCUT2D eigenvalue weighted by Crippen LogP contribution is -2.49. The molecule has 0 aromatic heterocycles. The second-order valence-electron chi connectivity index (χ2n) is 4.84. The van der Waals surface area contributed by atoms with Crippen LogP contribution in [0.5, 0.6) is 0 Å². The van der Waals surface area contributed by atoms with Crippen molar-refractivity contribution in [1.82, 2.24) is 10.6 Å². The van der Waals surface area contributed by atoms with Gasteiger partial charge in [-0.3, -0.25) is 4.79 Å². The van der Waals surface area contributed by atoms with E-state index in [1.165, 1.54) is 0 Å². The summed E-state index contributed by atoms with van der Waals surface area (Å²) < 4.78 is 0. The van der Waals surface area contributed by atoms with E-state index >= 15 is 0 Å². The number of aliphatic carboxylic acids is 1. The fourth-order valence-corrected chi connectivity index (χ4v) is 2.91. The van der Waals surface area contributed by atoms with Crippen molar-refractivity contribution in [2.75, 3.05) is 20.1 Å². The molecule has 1 aliphatic heterocycles. The summed E-state index contributed by atoms with van der Waals surface area (Å²) in [7, 11) is 1.84. The monoisotopic (exact) mass is 248 g/mol. The molecule has 1 unspecified atom stereocenters. The summed E-state index contributed by atoms with van der Waals surface area (Å²) in [6, 6.07) is 9.71. The Bertz CT molecular complexity index is 400. The maximum atomic E-state index is 11.8. The van der Waals surface area contributed by atoms with Gasteiger partial charge in [-0.05, 0) is 38.5 Å². The number of piperidine rings is 1. The Morgan fingerprint density at radius 3 is 2.44 bits per heavy atom. The maximum absolute atomic E-state index is 11.8. The van der Waals surface area contributed by atoms with E-state index in [-0.39, 0.29) is 6.04 Å². The van der Waals surface area contributed by atoms with Gasteiger partial charge in [-0.1, -0.05) is 30.3 Å². The standard InChI is InChI=1S/C14H20N2O2/c1-15-12(11-5-3-2-4-6-11)14(13(17)18)7-9-16-10-8-14/h2-6,12,15-16H,7-10H2,1H3,(H,17,18).